The van der Waals surface area contributed by atoms with Crippen LogP contribution in [0, 0.1) is 11.8 Å². The number of urea groups is 2. The number of carbonyl (C=O) groups excluding carboxylic acids is 6. The van der Waals surface area contributed by atoms with Crippen LogP contribution in [0.3, 0.4) is 0 Å². The van der Waals surface area contributed by atoms with Crippen LogP contribution in [0.2, 0.25) is 0 Å². The van der Waals surface area contributed by atoms with Gasteiger partial charge in [0.2, 0.25) is 17.7 Å². The second-order valence-corrected chi connectivity index (χ2v) is 13.0. The summed E-state index contributed by atoms with van der Waals surface area (Å²) < 4.78 is 1.80. The molecule has 0 aliphatic carbocycles. The summed E-state index contributed by atoms with van der Waals surface area (Å²) in [5.74, 6) is -1.17. The van der Waals surface area contributed by atoms with E-state index in [1.807, 2.05) is 27.7 Å². The SMILES string of the molecule is CC(=O)CNC(=O)[C@H](CC(C)C)NC(=O)Nc1ccc(Br)cc1.CC(C)C[C@H](NC(=O)Nc1ccc(Br)cc1)C(=O)NCC(N)=O. The molecule has 2 aromatic rings. The minimum Gasteiger partial charge on any atom is -0.368 e. The van der Waals surface area contributed by atoms with Gasteiger partial charge in [0, 0.05) is 20.3 Å². The molecule has 13 nitrogen and oxygen atoms in total. The van der Waals surface area contributed by atoms with E-state index in [-0.39, 0.29) is 36.6 Å². The Balaban J connectivity index is 0.000000460. The molecule has 2 atom stereocenters. The molecular weight excluding hydrogens is 726 g/mol. The molecule has 0 saturated carbocycles. The molecule has 15 heteroatoms. The van der Waals surface area contributed by atoms with E-state index in [1.54, 1.807) is 48.5 Å². The van der Waals surface area contributed by atoms with Crippen molar-refractivity contribution in [1.82, 2.24) is 21.3 Å². The zero-order valence-electron chi connectivity index (χ0n) is 26.5. The number of rotatable bonds is 14. The van der Waals surface area contributed by atoms with Crippen molar-refractivity contribution in [3.63, 3.8) is 0 Å². The average molecular weight is 770 g/mol. The summed E-state index contributed by atoms with van der Waals surface area (Å²) in [4.78, 5) is 69.9. The first-order chi connectivity index (χ1) is 21.5. The van der Waals surface area contributed by atoms with Crippen LogP contribution in [0.25, 0.3) is 0 Å². The van der Waals surface area contributed by atoms with Gasteiger partial charge in [-0.1, -0.05) is 59.6 Å². The van der Waals surface area contributed by atoms with E-state index in [0.717, 1.165) is 8.95 Å². The topological polar surface area (TPSA) is 201 Å². The zero-order valence-corrected chi connectivity index (χ0v) is 29.7. The van der Waals surface area contributed by atoms with E-state index < -0.39 is 36.0 Å². The number of hydrogen-bond donors (Lipinski definition) is 7. The molecule has 46 heavy (non-hydrogen) atoms. The Kier molecular flexibility index (Phi) is 18.2. The van der Waals surface area contributed by atoms with Crippen molar-refractivity contribution >= 4 is 78.8 Å². The molecule has 252 valence electrons. The monoisotopic (exact) mass is 767 g/mol. The summed E-state index contributed by atoms with van der Waals surface area (Å²) in [5.41, 5.74) is 6.23. The maximum Gasteiger partial charge on any atom is 0.319 e. The number of Topliss-reactive ketones (excluding diaryl/α,β-unsaturated/α-hetero) is 1. The largest absolute Gasteiger partial charge is 0.368 e. The van der Waals surface area contributed by atoms with Gasteiger partial charge in [-0.2, -0.15) is 0 Å². The molecule has 0 heterocycles. The summed E-state index contributed by atoms with van der Waals surface area (Å²) in [5, 5.41) is 15.5. The highest BCUT2D eigenvalue weighted by atomic mass is 79.9. The number of carbonyl (C=O) groups is 6. The minimum absolute atomic E-state index is 0.0383. The van der Waals surface area contributed by atoms with Crippen LogP contribution in [-0.4, -0.2) is 60.7 Å². The van der Waals surface area contributed by atoms with E-state index in [4.69, 9.17) is 5.73 Å². The van der Waals surface area contributed by atoms with Crippen molar-refractivity contribution in [2.24, 2.45) is 17.6 Å². The Morgan fingerprint density at radius 2 is 0.978 bits per heavy atom. The van der Waals surface area contributed by atoms with E-state index >= 15 is 0 Å². The number of primary amides is 1. The molecule has 0 radical (unpaired) electrons. The summed E-state index contributed by atoms with van der Waals surface area (Å²) >= 11 is 6.63. The van der Waals surface area contributed by atoms with Gasteiger partial charge >= 0.3 is 12.1 Å². The molecule has 0 fully saturated rings. The third-order valence-electron chi connectivity index (χ3n) is 5.81. The van der Waals surface area contributed by atoms with E-state index in [9.17, 15) is 28.8 Å². The number of amides is 7. The Morgan fingerprint density at radius 3 is 1.28 bits per heavy atom. The highest BCUT2D eigenvalue weighted by molar-refractivity contribution is 9.10. The lowest BCUT2D eigenvalue weighted by Gasteiger charge is -2.20. The van der Waals surface area contributed by atoms with Crippen molar-refractivity contribution in [2.45, 2.75) is 59.5 Å². The molecular formula is C31H43Br2N7O6. The van der Waals surface area contributed by atoms with Gasteiger partial charge in [-0.25, -0.2) is 9.59 Å². The fourth-order valence-corrected chi connectivity index (χ4v) is 4.28. The van der Waals surface area contributed by atoms with Crippen molar-refractivity contribution in [3.8, 4) is 0 Å². The molecule has 0 aliphatic rings. The Hall–Kier alpha value is -3.98. The number of nitrogens with one attached hydrogen (secondary N) is 6. The first-order valence-corrected chi connectivity index (χ1v) is 16.1. The fraction of sp³-hybridized carbons (Fsp3) is 0.419. The van der Waals surface area contributed by atoms with Crippen molar-refractivity contribution in [1.29, 1.82) is 0 Å². The van der Waals surface area contributed by atoms with Crippen LogP contribution in [0.4, 0.5) is 21.0 Å². The van der Waals surface area contributed by atoms with Crippen molar-refractivity contribution < 1.29 is 28.8 Å². The van der Waals surface area contributed by atoms with Crippen LogP contribution in [0.5, 0.6) is 0 Å². The standard InChI is InChI=1S/C16H22BrN3O3.C15H21BrN4O3/c1-10(2)8-14(15(22)18-9-11(3)21)20-16(23)19-13-6-4-12(17)5-7-13;1-9(2)7-12(14(22)18-8-13(17)21)20-15(23)19-11-5-3-10(16)4-6-11/h4-7,10,14H,8-9H2,1-3H3,(H,18,22)(H2,19,20,23);3-6,9,12H,7-8H2,1-2H3,(H2,17,21)(H,18,22)(H2,19,20,23)/t14-;12-/m00/s1. The highest BCUT2D eigenvalue weighted by Crippen LogP contribution is 2.15. The molecule has 2 aromatic carbocycles. The lowest BCUT2D eigenvalue weighted by Crippen LogP contribution is -2.50. The van der Waals surface area contributed by atoms with E-state index in [1.165, 1.54) is 6.92 Å². The maximum absolute atomic E-state index is 12.1. The average Bonchev–Trinajstić information content (AvgIpc) is 2.96. The van der Waals surface area contributed by atoms with E-state index in [0.29, 0.717) is 24.2 Å². The molecule has 0 spiro atoms. The third kappa shape index (κ3) is 18.1. The second-order valence-electron chi connectivity index (χ2n) is 11.2. The normalized spacial score (nSPS) is 11.7. The van der Waals surface area contributed by atoms with Crippen LogP contribution < -0.4 is 37.6 Å². The van der Waals surface area contributed by atoms with Crippen LogP contribution >= 0.6 is 31.9 Å². The Morgan fingerprint density at radius 1 is 0.630 bits per heavy atom. The zero-order chi connectivity index (χ0) is 34.8. The predicted molar refractivity (Wildman–Crippen MR) is 185 cm³/mol. The van der Waals surface area contributed by atoms with Gasteiger partial charge < -0.3 is 37.6 Å². The van der Waals surface area contributed by atoms with Crippen molar-refractivity contribution in [2.75, 3.05) is 23.7 Å². The van der Waals surface area contributed by atoms with Gasteiger partial charge in [-0.05, 0) is 80.1 Å². The molecule has 0 saturated heterocycles. The van der Waals surface area contributed by atoms with Crippen LogP contribution in [-0.2, 0) is 19.2 Å². The summed E-state index contributed by atoms with van der Waals surface area (Å²) in [6.07, 6.45) is 0.926. The van der Waals surface area contributed by atoms with Gasteiger partial charge in [0.05, 0.1) is 13.1 Å². The van der Waals surface area contributed by atoms with Gasteiger partial charge in [0.25, 0.3) is 0 Å². The number of nitrogens with two attached hydrogens (primary N) is 1. The molecule has 0 aliphatic heterocycles. The number of hydrogen-bond acceptors (Lipinski definition) is 6. The van der Waals surface area contributed by atoms with Gasteiger partial charge in [-0.15, -0.1) is 0 Å². The summed E-state index contributed by atoms with van der Waals surface area (Å²) in [6.45, 7) is 8.88. The minimum atomic E-state index is -0.746. The molecule has 0 bridgehead atoms. The van der Waals surface area contributed by atoms with Crippen LogP contribution in [0.15, 0.2) is 57.5 Å². The van der Waals surface area contributed by atoms with Gasteiger partial charge in [0.1, 0.15) is 17.9 Å². The molecule has 2 rings (SSSR count). The molecule has 8 N–H and O–H groups in total. The van der Waals surface area contributed by atoms with Gasteiger partial charge in [-0.3, -0.25) is 19.2 Å². The Bertz CT molecular complexity index is 1220. The molecule has 0 aromatic heterocycles. The van der Waals surface area contributed by atoms with Crippen molar-refractivity contribution in [3.05, 3.63) is 57.5 Å². The number of anilines is 2. The quantitative estimate of drug-likeness (QED) is 0.150. The lowest BCUT2D eigenvalue weighted by atomic mass is 10.0. The predicted octanol–water partition coefficient (Wildman–Crippen LogP) is 4.28. The number of benzene rings is 2. The smallest absolute Gasteiger partial charge is 0.319 e. The lowest BCUT2D eigenvalue weighted by molar-refractivity contribution is -0.126. The van der Waals surface area contributed by atoms with Gasteiger partial charge in [0.15, 0.2) is 0 Å². The maximum atomic E-state index is 12.1. The van der Waals surface area contributed by atoms with Crippen LogP contribution in [0.1, 0.15) is 47.5 Å². The second kappa shape index (κ2) is 20.9. The summed E-state index contributed by atoms with van der Waals surface area (Å²) in [7, 11) is 0. The molecule has 0 unspecified atom stereocenters. The summed E-state index contributed by atoms with van der Waals surface area (Å²) in [6, 6.07) is 11.8. The first kappa shape index (κ1) is 40.0. The Labute approximate surface area is 286 Å². The van der Waals surface area contributed by atoms with E-state index in [2.05, 4.69) is 63.8 Å². The first-order valence-electron chi connectivity index (χ1n) is 14.5. The number of ketones is 1. The third-order valence-corrected chi connectivity index (χ3v) is 6.87. The molecule has 7 amide bonds. The fourth-order valence-electron chi connectivity index (χ4n) is 3.76. The highest BCUT2D eigenvalue weighted by Gasteiger charge is 2.23. The number of halogens is 2.